The quantitative estimate of drug-likeness (QED) is 0.710. The van der Waals surface area contributed by atoms with E-state index in [2.05, 4.69) is 15.4 Å². The Balaban J connectivity index is 1.48. The lowest BCUT2D eigenvalue weighted by atomic mass is 10.3. The number of pyridine rings is 1. The van der Waals surface area contributed by atoms with E-state index in [0.29, 0.717) is 18.8 Å². The predicted octanol–water partition coefficient (Wildman–Crippen LogP) is 2.37. The molecule has 6 heteroatoms. The molecular weight excluding hydrogens is 292 g/mol. The lowest BCUT2D eigenvalue weighted by molar-refractivity contribution is -0.116. The number of hydrogen-bond donors (Lipinski definition) is 1. The molecule has 23 heavy (non-hydrogen) atoms. The van der Waals surface area contributed by atoms with Crippen molar-refractivity contribution in [3.63, 3.8) is 0 Å². The maximum absolute atomic E-state index is 11.7. The van der Waals surface area contributed by atoms with E-state index in [9.17, 15) is 4.79 Å². The van der Waals surface area contributed by atoms with E-state index in [0.717, 1.165) is 11.4 Å². The summed E-state index contributed by atoms with van der Waals surface area (Å²) in [6.45, 7) is 1.08. The Morgan fingerprint density at radius 2 is 2.17 bits per heavy atom. The number of furan rings is 1. The Morgan fingerprint density at radius 3 is 2.96 bits per heavy atom. The van der Waals surface area contributed by atoms with E-state index in [1.54, 1.807) is 35.4 Å². The van der Waals surface area contributed by atoms with Gasteiger partial charge in [0.1, 0.15) is 11.5 Å². The standard InChI is InChI=1S/C17H16N4O2/c22-17(7-6-14-4-3-13-23-14)19-10-12-21-11-8-16(20-21)15-5-1-2-9-18-15/h1-9,11,13H,10,12H2,(H,19,22)/b7-6+. The first-order valence-electron chi connectivity index (χ1n) is 7.25. The van der Waals surface area contributed by atoms with Crippen LogP contribution in [-0.2, 0) is 11.3 Å². The third-order valence-electron chi connectivity index (χ3n) is 3.15. The van der Waals surface area contributed by atoms with Gasteiger partial charge in [-0.3, -0.25) is 14.5 Å². The number of aromatic nitrogens is 3. The van der Waals surface area contributed by atoms with E-state index in [1.165, 1.54) is 6.08 Å². The SMILES string of the molecule is O=C(/C=C/c1ccco1)NCCn1ccc(-c2ccccn2)n1. The summed E-state index contributed by atoms with van der Waals surface area (Å²) in [7, 11) is 0. The Labute approximate surface area is 133 Å². The summed E-state index contributed by atoms with van der Waals surface area (Å²) in [6.07, 6.45) is 8.24. The van der Waals surface area contributed by atoms with Gasteiger partial charge in [-0.2, -0.15) is 5.10 Å². The minimum atomic E-state index is -0.168. The van der Waals surface area contributed by atoms with Gasteiger partial charge in [0.25, 0.3) is 0 Å². The molecule has 0 saturated carbocycles. The Kier molecular flexibility index (Phi) is 4.63. The summed E-state index contributed by atoms with van der Waals surface area (Å²) < 4.78 is 6.89. The topological polar surface area (TPSA) is 73.0 Å². The number of rotatable bonds is 6. The van der Waals surface area contributed by atoms with Crippen molar-refractivity contribution in [3.05, 3.63) is 66.9 Å². The van der Waals surface area contributed by atoms with Crippen LogP contribution in [0.15, 0.2) is 65.5 Å². The molecule has 1 amide bonds. The molecule has 0 aliphatic carbocycles. The lowest BCUT2D eigenvalue weighted by Gasteiger charge is -2.02. The molecule has 3 aromatic rings. The summed E-state index contributed by atoms with van der Waals surface area (Å²) in [6, 6.07) is 11.2. The molecule has 0 aromatic carbocycles. The summed E-state index contributed by atoms with van der Waals surface area (Å²) in [4.78, 5) is 15.9. The fraction of sp³-hybridized carbons (Fsp3) is 0.118. The number of amides is 1. The number of carbonyl (C=O) groups excluding carboxylic acids is 1. The average Bonchev–Trinajstić information content (AvgIpc) is 3.26. The van der Waals surface area contributed by atoms with Gasteiger partial charge >= 0.3 is 0 Å². The molecular formula is C17H16N4O2. The Morgan fingerprint density at radius 1 is 1.22 bits per heavy atom. The summed E-state index contributed by atoms with van der Waals surface area (Å²) in [5.74, 6) is 0.478. The van der Waals surface area contributed by atoms with Gasteiger partial charge in [0, 0.05) is 25.0 Å². The number of nitrogens with one attached hydrogen (secondary N) is 1. The average molecular weight is 308 g/mol. The highest BCUT2D eigenvalue weighted by Gasteiger charge is 2.03. The number of hydrogen-bond acceptors (Lipinski definition) is 4. The van der Waals surface area contributed by atoms with Crippen LogP contribution in [0.25, 0.3) is 17.5 Å². The number of carbonyl (C=O) groups is 1. The van der Waals surface area contributed by atoms with Crippen molar-refractivity contribution in [1.82, 2.24) is 20.1 Å². The van der Waals surface area contributed by atoms with Gasteiger partial charge in [0.05, 0.1) is 18.5 Å². The molecule has 0 radical (unpaired) electrons. The van der Waals surface area contributed by atoms with Crippen LogP contribution in [0.3, 0.4) is 0 Å². The molecule has 0 saturated heterocycles. The summed E-state index contributed by atoms with van der Waals surface area (Å²) in [5, 5.41) is 7.23. The third kappa shape index (κ3) is 4.16. The van der Waals surface area contributed by atoms with Crippen LogP contribution in [0.2, 0.25) is 0 Å². The second kappa shape index (κ2) is 7.22. The molecule has 3 aromatic heterocycles. The monoisotopic (exact) mass is 308 g/mol. The van der Waals surface area contributed by atoms with Crippen LogP contribution in [0, 0.1) is 0 Å². The van der Waals surface area contributed by atoms with Gasteiger partial charge in [-0.25, -0.2) is 0 Å². The zero-order chi connectivity index (χ0) is 15.9. The minimum Gasteiger partial charge on any atom is -0.465 e. The maximum atomic E-state index is 11.7. The van der Waals surface area contributed by atoms with Gasteiger partial charge in [0.15, 0.2) is 0 Å². The summed E-state index contributed by atoms with van der Waals surface area (Å²) in [5.41, 5.74) is 1.64. The largest absolute Gasteiger partial charge is 0.465 e. The number of nitrogens with zero attached hydrogens (tertiary/aromatic N) is 3. The van der Waals surface area contributed by atoms with Crippen LogP contribution in [0.5, 0.6) is 0 Å². The molecule has 0 bridgehead atoms. The Hall–Kier alpha value is -3.15. The molecule has 0 spiro atoms. The van der Waals surface area contributed by atoms with Crippen LogP contribution in [0.4, 0.5) is 0 Å². The smallest absolute Gasteiger partial charge is 0.244 e. The molecule has 116 valence electrons. The first-order chi connectivity index (χ1) is 11.3. The molecule has 0 fully saturated rings. The maximum Gasteiger partial charge on any atom is 0.244 e. The highest BCUT2D eigenvalue weighted by molar-refractivity contribution is 5.91. The van der Waals surface area contributed by atoms with Crippen molar-refractivity contribution in [3.8, 4) is 11.4 Å². The van der Waals surface area contributed by atoms with E-state index in [1.807, 2.05) is 30.5 Å². The normalized spacial score (nSPS) is 11.0. The zero-order valence-electron chi connectivity index (χ0n) is 12.4. The van der Waals surface area contributed by atoms with Crippen molar-refractivity contribution < 1.29 is 9.21 Å². The van der Waals surface area contributed by atoms with Crippen LogP contribution in [0.1, 0.15) is 5.76 Å². The molecule has 0 unspecified atom stereocenters. The van der Waals surface area contributed by atoms with Crippen molar-refractivity contribution in [1.29, 1.82) is 0 Å². The molecule has 1 N–H and O–H groups in total. The van der Waals surface area contributed by atoms with Crippen LogP contribution >= 0.6 is 0 Å². The molecule has 0 aliphatic heterocycles. The van der Waals surface area contributed by atoms with Crippen molar-refractivity contribution in [2.45, 2.75) is 6.54 Å². The van der Waals surface area contributed by atoms with Crippen LogP contribution in [-0.4, -0.2) is 27.2 Å². The fourth-order valence-electron chi connectivity index (χ4n) is 2.03. The molecule has 0 aliphatic rings. The van der Waals surface area contributed by atoms with Gasteiger partial charge in [-0.05, 0) is 36.4 Å². The van der Waals surface area contributed by atoms with E-state index < -0.39 is 0 Å². The fourth-order valence-corrected chi connectivity index (χ4v) is 2.03. The van der Waals surface area contributed by atoms with Gasteiger partial charge < -0.3 is 9.73 Å². The van der Waals surface area contributed by atoms with E-state index >= 15 is 0 Å². The van der Waals surface area contributed by atoms with E-state index in [4.69, 9.17) is 4.42 Å². The lowest BCUT2D eigenvalue weighted by Crippen LogP contribution is -2.25. The van der Waals surface area contributed by atoms with Gasteiger partial charge in [0.2, 0.25) is 5.91 Å². The second-order valence-corrected chi connectivity index (χ2v) is 4.82. The molecule has 0 atom stereocenters. The zero-order valence-corrected chi connectivity index (χ0v) is 12.4. The van der Waals surface area contributed by atoms with Crippen LogP contribution < -0.4 is 5.32 Å². The van der Waals surface area contributed by atoms with Gasteiger partial charge in [-0.1, -0.05) is 6.07 Å². The third-order valence-corrected chi connectivity index (χ3v) is 3.15. The first-order valence-corrected chi connectivity index (χ1v) is 7.25. The highest BCUT2D eigenvalue weighted by atomic mass is 16.3. The molecule has 3 rings (SSSR count). The van der Waals surface area contributed by atoms with Crippen molar-refractivity contribution in [2.24, 2.45) is 0 Å². The minimum absolute atomic E-state index is 0.168. The second-order valence-electron chi connectivity index (χ2n) is 4.82. The van der Waals surface area contributed by atoms with E-state index in [-0.39, 0.29) is 5.91 Å². The predicted molar refractivity (Wildman–Crippen MR) is 86.2 cm³/mol. The van der Waals surface area contributed by atoms with Crippen molar-refractivity contribution >= 4 is 12.0 Å². The highest BCUT2D eigenvalue weighted by Crippen LogP contribution is 2.12. The first kappa shape index (κ1) is 14.8. The summed E-state index contributed by atoms with van der Waals surface area (Å²) >= 11 is 0. The Bertz CT molecular complexity index is 776. The van der Waals surface area contributed by atoms with Gasteiger partial charge in [-0.15, -0.1) is 0 Å². The molecule has 6 nitrogen and oxygen atoms in total. The van der Waals surface area contributed by atoms with Crippen molar-refractivity contribution in [2.75, 3.05) is 6.54 Å². The molecule has 3 heterocycles.